The summed E-state index contributed by atoms with van der Waals surface area (Å²) in [6.45, 7) is 3.36. The van der Waals surface area contributed by atoms with E-state index in [0.717, 1.165) is 12.1 Å². The monoisotopic (exact) mass is 244 g/mol. The van der Waals surface area contributed by atoms with Crippen molar-refractivity contribution in [2.75, 3.05) is 0 Å². The van der Waals surface area contributed by atoms with E-state index in [0.29, 0.717) is 5.56 Å². The molecule has 0 aliphatic carbocycles. The summed E-state index contributed by atoms with van der Waals surface area (Å²) in [5, 5.41) is 0. The van der Waals surface area contributed by atoms with E-state index < -0.39 is 26.7 Å². The van der Waals surface area contributed by atoms with E-state index in [2.05, 4.69) is 0 Å². The van der Waals surface area contributed by atoms with E-state index in [4.69, 9.17) is 4.74 Å². The molecule has 4 nitrogen and oxygen atoms in total. The largest absolute Gasteiger partial charge is 0.451 e. The van der Waals surface area contributed by atoms with Crippen LogP contribution in [0.15, 0.2) is 23.1 Å². The number of hydrogen-bond acceptors (Lipinski definition) is 4. The van der Waals surface area contributed by atoms with Crippen molar-refractivity contribution in [2.45, 2.75) is 24.3 Å². The first-order chi connectivity index (χ1) is 7.22. The van der Waals surface area contributed by atoms with Gasteiger partial charge in [0.2, 0.25) is 0 Å². The smallest absolute Gasteiger partial charge is 0.339 e. The molecular formula is C10H9FO4S. The maximum Gasteiger partial charge on any atom is 0.339 e. The molecule has 0 fully saturated rings. The first-order valence-electron chi connectivity index (χ1n) is 4.54. The zero-order valence-electron chi connectivity index (χ0n) is 8.65. The standard InChI is InChI=1S/C10H9FO4S/c1-10(2)8-4-3-6(16(11,13)14)5-7(8)9(12)15-10/h3-5H,1-2H3. The molecule has 0 saturated heterocycles. The molecule has 0 amide bonds. The Balaban J connectivity index is 2.66. The Kier molecular flexibility index (Phi) is 2.10. The van der Waals surface area contributed by atoms with Gasteiger partial charge >= 0.3 is 16.2 Å². The van der Waals surface area contributed by atoms with E-state index in [1.165, 1.54) is 6.07 Å². The molecule has 0 bridgehead atoms. The lowest BCUT2D eigenvalue weighted by Crippen LogP contribution is -2.15. The van der Waals surface area contributed by atoms with Crippen LogP contribution in [0.4, 0.5) is 3.89 Å². The second kappa shape index (κ2) is 3.04. The number of carbonyl (C=O) groups is 1. The molecule has 1 aromatic carbocycles. The predicted octanol–water partition coefficient (Wildman–Crippen LogP) is 1.75. The first-order valence-corrected chi connectivity index (χ1v) is 5.93. The average molecular weight is 244 g/mol. The highest BCUT2D eigenvalue weighted by Gasteiger charge is 2.38. The molecule has 16 heavy (non-hydrogen) atoms. The molecule has 1 aliphatic heterocycles. The van der Waals surface area contributed by atoms with Gasteiger partial charge in [-0.2, -0.15) is 8.42 Å². The second-order valence-corrected chi connectivity index (χ2v) is 5.39. The minimum atomic E-state index is -4.79. The minimum Gasteiger partial charge on any atom is -0.451 e. The molecule has 0 aromatic heterocycles. The van der Waals surface area contributed by atoms with Gasteiger partial charge in [0.05, 0.1) is 10.5 Å². The summed E-state index contributed by atoms with van der Waals surface area (Å²) in [6, 6.07) is 3.52. The zero-order valence-corrected chi connectivity index (χ0v) is 9.47. The third kappa shape index (κ3) is 1.59. The molecule has 0 N–H and O–H groups in total. The van der Waals surface area contributed by atoms with Gasteiger partial charge in [0.15, 0.2) is 0 Å². The van der Waals surface area contributed by atoms with Crippen LogP contribution >= 0.6 is 0 Å². The maximum atomic E-state index is 12.7. The number of carbonyl (C=O) groups excluding carboxylic acids is 1. The van der Waals surface area contributed by atoms with Crippen LogP contribution < -0.4 is 0 Å². The molecule has 6 heteroatoms. The van der Waals surface area contributed by atoms with Crippen molar-refractivity contribution in [2.24, 2.45) is 0 Å². The Morgan fingerprint density at radius 2 is 1.94 bits per heavy atom. The van der Waals surface area contributed by atoms with Crippen molar-refractivity contribution in [1.29, 1.82) is 0 Å². The lowest BCUT2D eigenvalue weighted by atomic mass is 9.96. The topological polar surface area (TPSA) is 60.4 Å². The number of rotatable bonds is 1. The van der Waals surface area contributed by atoms with Crippen LogP contribution in [-0.4, -0.2) is 14.4 Å². The van der Waals surface area contributed by atoms with Gasteiger partial charge in [0.1, 0.15) is 5.60 Å². The minimum absolute atomic E-state index is 0.101. The SMILES string of the molecule is CC1(C)OC(=O)c2cc(S(=O)(=O)F)ccc21. The van der Waals surface area contributed by atoms with Crippen LogP contribution in [0.2, 0.25) is 0 Å². The second-order valence-electron chi connectivity index (χ2n) is 4.05. The summed E-state index contributed by atoms with van der Waals surface area (Å²) in [5.41, 5.74) is -0.140. The summed E-state index contributed by atoms with van der Waals surface area (Å²) >= 11 is 0. The molecule has 0 spiro atoms. The summed E-state index contributed by atoms with van der Waals surface area (Å²) in [5.74, 6) is -0.634. The van der Waals surface area contributed by atoms with Crippen molar-refractivity contribution in [1.82, 2.24) is 0 Å². The van der Waals surface area contributed by atoms with Crippen molar-refractivity contribution in [3.63, 3.8) is 0 Å². The molecule has 0 atom stereocenters. The van der Waals surface area contributed by atoms with Crippen LogP contribution in [0.5, 0.6) is 0 Å². The number of fused-ring (bicyclic) bond motifs is 1. The lowest BCUT2D eigenvalue weighted by Gasteiger charge is -2.17. The lowest BCUT2D eigenvalue weighted by molar-refractivity contribution is 0.00954. The quantitative estimate of drug-likeness (QED) is 0.557. The fourth-order valence-corrected chi connectivity index (χ4v) is 2.20. The number of esters is 1. The van der Waals surface area contributed by atoms with E-state index in [9.17, 15) is 17.1 Å². The molecule has 0 saturated carbocycles. The van der Waals surface area contributed by atoms with E-state index in [-0.39, 0.29) is 5.56 Å². The van der Waals surface area contributed by atoms with Crippen molar-refractivity contribution >= 4 is 16.2 Å². The predicted molar refractivity (Wildman–Crippen MR) is 53.2 cm³/mol. The highest BCUT2D eigenvalue weighted by atomic mass is 32.3. The number of halogens is 1. The number of hydrogen-bond donors (Lipinski definition) is 0. The molecule has 0 radical (unpaired) electrons. The summed E-state index contributed by atoms with van der Waals surface area (Å²) in [6.07, 6.45) is 0. The zero-order chi connectivity index (χ0) is 12.1. The van der Waals surface area contributed by atoms with Gasteiger partial charge in [0, 0.05) is 5.56 Å². The molecule has 2 rings (SSSR count). The van der Waals surface area contributed by atoms with E-state index in [1.54, 1.807) is 13.8 Å². The molecule has 0 unspecified atom stereocenters. The Morgan fingerprint density at radius 1 is 1.31 bits per heavy atom. The fourth-order valence-electron chi connectivity index (χ4n) is 1.71. The molecule has 1 aromatic rings. The van der Waals surface area contributed by atoms with Gasteiger partial charge in [-0.3, -0.25) is 0 Å². The Morgan fingerprint density at radius 3 is 2.50 bits per heavy atom. The van der Waals surface area contributed by atoms with Crippen molar-refractivity contribution < 1.29 is 21.8 Å². The third-order valence-electron chi connectivity index (χ3n) is 2.49. The van der Waals surface area contributed by atoms with Gasteiger partial charge in [-0.15, -0.1) is 3.89 Å². The van der Waals surface area contributed by atoms with Gasteiger partial charge in [0.25, 0.3) is 0 Å². The van der Waals surface area contributed by atoms with Gasteiger partial charge in [-0.1, -0.05) is 6.07 Å². The molecule has 1 aliphatic rings. The van der Waals surface area contributed by atoms with Gasteiger partial charge in [-0.05, 0) is 26.0 Å². The van der Waals surface area contributed by atoms with Gasteiger partial charge < -0.3 is 4.74 Å². The molecule has 86 valence electrons. The van der Waals surface area contributed by atoms with Crippen LogP contribution in [0.1, 0.15) is 29.8 Å². The van der Waals surface area contributed by atoms with Crippen LogP contribution in [0.25, 0.3) is 0 Å². The van der Waals surface area contributed by atoms with Crippen LogP contribution in [0.3, 0.4) is 0 Å². The Bertz CT molecular complexity index is 574. The van der Waals surface area contributed by atoms with Crippen molar-refractivity contribution in [3.05, 3.63) is 29.3 Å². The molecular weight excluding hydrogens is 235 g/mol. The normalized spacial score (nSPS) is 18.1. The summed E-state index contributed by atoms with van der Waals surface area (Å²) < 4.78 is 39.1. The van der Waals surface area contributed by atoms with Gasteiger partial charge in [-0.25, -0.2) is 4.79 Å². The highest BCUT2D eigenvalue weighted by Crippen LogP contribution is 2.36. The third-order valence-corrected chi connectivity index (χ3v) is 3.31. The average Bonchev–Trinajstić information content (AvgIpc) is 2.36. The summed E-state index contributed by atoms with van der Waals surface area (Å²) in [7, 11) is -4.79. The first kappa shape index (κ1) is 11.1. The Hall–Kier alpha value is -1.43. The molecule has 1 heterocycles. The van der Waals surface area contributed by atoms with Crippen LogP contribution in [-0.2, 0) is 20.6 Å². The fraction of sp³-hybridized carbons (Fsp3) is 0.300. The van der Waals surface area contributed by atoms with Crippen LogP contribution in [0, 0.1) is 0 Å². The number of cyclic esters (lactones) is 1. The van der Waals surface area contributed by atoms with E-state index >= 15 is 0 Å². The number of benzene rings is 1. The number of ether oxygens (including phenoxy) is 1. The Labute approximate surface area is 92.2 Å². The summed E-state index contributed by atoms with van der Waals surface area (Å²) in [4.78, 5) is 10.9. The van der Waals surface area contributed by atoms with E-state index in [1.807, 2.05) is 0 Å². The highest BCUT2D eigenvalue weighted by molar-refractivity contribution is 7.86. The maximum absolute atomic E-state index is 12.7. The van der Waals surface area contributed by atoms with Crippen molar-refractivity contribution in [3.8, 4) is 0 Å².